The summed E-state index contributed by atoms with van der Waals surface area (Å²) >= 11 is 0. The molecule has 3 aliphatic rings. The van der Waals surface area contributed by atoms with Crippen LogP contribution in [0.15, 0.2) is 33.9 Å². The van der Waals surface area contributed by atoms with Crippen molar-refractivity contribution in [3.8, 4) is 0 Å². The minimum atomic E-state index is -0.736. The molecule has 1 fully saturated rings. The summed E-state index contributed by atoms with van der Waals surface area (Å²) in [6.07, 6.45) is 4.18. The molecule has 3 heterocycles. The van der Waals surface area contributed by atoms with Crippen LogP contribution in [0.5, 0.6) is 0 Å². The van der Waals surface area contributed by atoms with Crippen LogP contribution in [0, 0.1) is 24.5 Å². The smallest absolute Gasteiger partial charge is 0.241 e. The molecule has 7 heteroatoms. The van der Waals surface area contributed by atoms with Crippen molar-refractivity contribution in [1.82, 2.24) is 15.3 Å². The molecule has 0 radical (unpaired) electrons. The average molecular weight is 359 g/mol. The molecule has 1 unspecified atom stereocenters. The van der Waals surface area contributed by atoms with Gasteiger partial charge in [0.05, 0.1) is 0 Å². The summed E-state index contributed by atoms with van der Waals surface area (Å²) in [6.45, 7) is 6.21. The molecule has 0 bridgehead atoms. The normalized spacial score (nSPS) is 23.5. The van der Waals surface area contributed by atoms with Crippen molar-refractivity contribution in [3.05, 3.63) is 46.7 Å². The van der Waals surface area contributed by atoms with Gasteiger partial charge >= 0.3 is 0 Å². The number of piperidine rings is 1. The van der Waals surface area contributed by atoms with E-state index >= 15 is 0 Å². The standard InChI is InChI=1S/C19H23F2N5/c1-12-5-6-15(18(21)17(12)20)10-25-7-3-4-14(9-25)16-8-13(2)24-19-22-11-23-26(16)19/h5-6,8,14,23H,3-4,7,9-11H2,1-2H3. The molecule has 1 aromatic carbocycles. The van der Waals surface area contributed by atoms with Crippen molar-refractivity contribution in [3.63, 3.8) is 0 Å². The lowest BCUT2D eigenvalue weighted by Gasteiger charge is -2.37. The molecule has 4 rings (SSSR count). The highest BCUT2D eigenvalue weighted by molar-refractivity contribution is 6.05. The Labute approximate surface area is 152 Å². The second-order valence-corrected chi connectivity index (χ2v) is 7.18. The molecule has 3 aliphatic heterocycles. The molecule has 0 spiro atoms. The molecule has 138 valence electrons. The third-order valence-corrected chi connectivity index (χ3v) is 5.21. The molecule has 0 saturated carbocycles. The van der Waals surface area contributed by atoms with Crippen LogP contribution in [0.1, 0.15) is 30.9 Å². The second kappa shape index (κ2) is 6.89. The van der Waals surface area contributed by atoms with Gasteiger partial charge in [0.2, 0.25) is 5.96 Å². The molecule has 1 atom stereocenters. The van der Waals surface area contributed by atoms with Gasteiger partial charge in [0.25, 0.3) is 0 Å². The Morgan fingerprint density at radius 3 is 2.92 bits per heavy atom. The van der Waals surface area contributed by atoms with Gasteiger partial charge in [-0.1, -0.05) is 12.1 Å². The quantitative estimate of drug-likeness (QED) is 0.902. The van der Waals surface area contributed by atoms with Crippen molar-refractivity contribution < 1.29 is 8.78 Å². The first-order chi connectivity index (χ1) is 12.5. The maximum atomic E-state index is 14.2. The van der Waals surface area contributed by atoms with E-state index in [0.717, 1.165) is 37.3 Å². The number of guanidine groups is 1. The summed E-state index contributed by atoms with van der Waals surface area (Å²) in [6, 6.07) is 3.34. The fourth-order valence-electron chi connectivity index (χ4n) is 3.87. The van der Waals surface area contributed by atoms with E-state index in [4.69, 9.17) is 0 Å². The first kappa shape index (κ1) is 17.3. The van der Waals surface area contributed by atoms with Gasteiger partial charge in [0, 0.05) is 36.0 Å². The Balaban J connectivity index is 1.51. The van der Waals surface area contributed by atoms with Crippen molar-refractivity contribution in [1.29, 1.82) is 0 Å². The number of aliphatic imine (C=N–C) groups is 2. The number of halogens is 2. The molecule has 0 aromatic heterocycles. The Bertz CT molecular complexity index is 814. The van der Waals surface area contributed by atoms with E-state index < -0.39 is 11.6 Å². The molecule has 0 amide bonds. The number of hydrazine groups is 1. The molecule has 1 aromatic rings. The second-order valence-electron chi connectivity index (χ2n) is 7.18. The maximum absolute atomic E-state index is 14.2. The van der Waals surface area contributed by atoms with Crippen LogP contribution in [0.3, 0.4) is 0 Å². The first-order valence-electron chi connectivity index (χ1n) is 9.03. The number of fused-ring (bicyclic) bond motifs is 1. The molecule has 1 saturated heterocycles. The predicted octanol–water partition coefficient (Wildman–Crippen LogP) is 2.98. The Morgan fingerprint density at radius 2 is 2.08 bits per heavy atom. The fourth-order valence-corrected chi connectivity index (χ4v) is 3.87. The van der Waals surface area contributed by atoms with Crippen molar-refractivity contribution in [2.75, 3.05) is 19.8 Å². The van der Waals surface area contributed by atoms with Gasteiger partial charge in [-0.3, -0.25) is 4.90 Å². The van der Waals surface area contributed by atoms with Gasteiger partial charge in [0.1, 0.15) is 6.67 Å². The van der Waals surface area contributed by atoms with E-state index in [1.807, 2.05) is 11.9 Å². The SMILES string of the molecule is CC1=NC2=NCNN2C(C2CCCN(Cc3ccc(C)c(F)c3F)C2)=C1. The van der Waals surface area contributed by atoms with Crippen LogP contribution in [-0.4, -0.2) is 41.3 Å². The lowest BCUT2D eigenvalue weighted by Crippen LogP contribution is -2.45. The zero-order valence-corrected chi connectivity index (χ0v) is 15.1. The zero-order valence-electron chi connectivity index (χ0n) is 15.1. The third kappa shape index (κ3) is 3.17. The van der Waals surface area contributed by atoms with E-state index in [0.29, 0.717) is 36.2 Å². The Morgan fingerprint density at radius 1 is 1.23 bits per heavy atom. The third-order valence-electron chi connectivity index (χ3n) is 5.21. The molecule has 0 aliphatic carbocycles. The number of likely N-dealkylation sites (tertiary alicyclic amines) is 1. The van der Waals surface area contributed by atoms with Crippen molar-refractivity contribution in [2.24, 2.45) is 15.9 Å². The van der Waals surface area contributed by atoms with E-state index in [1.165, 1.54) is 0 Å². The number of benzene rings is 1. The number of nitrogens with zero attached hydrogens (tertiary/aromatic N) is 4. The summed E-state index contributed by atoms with van der Waals surface area (Å²) in [5, 5.41) is 1.97. The molecule has 5 nitrogen and oxygen atoms in total. The topological polar surface area (TPSA) is 43.2 Å². The molecule has 1 N–H and O–H groups in total. The number of nitrogens with one attached hydrogen (secondary N) is 1. The van der Waals surface area contributed by atoms with Gasteiger partial charge in [-0.2, -0.15) is 0 Å². The summed E-state index contributed by atoms with van der Waals surface area (Å²) in [5.74, 6) is -0.435. The highest BCUT2D eigenvalue weighted by Crippen LogP contribution is 2.30. The van der Waals surface area contributed by atoms with Gasteiger partial charge < -0.3 is 0 Å². The van der Waals surface area contributed by atoms with E-state index in [1.54, 1.807) is 19.1 Å². The lowest BCUT2D eigenvalue weighted by molar-refractivity contribution is 0.164. The van der Waals surface area contributed by atoms with Crippen molar-refractivity contribution in [2.45, 2.75) is 33.2 Å². The van der Waals surface area contributed by atoms with E-state index in [-0.39, 0.29) is 0 Å². The van der Waals surface area contributed by atoms with Gasteiger partial charge in [0.15, 0.2) is 11.6 Å². The van der Waals surface area contributed by atoms with Gasteiger partial charge in [-0.05, 0) is 44.9 Å². The minimum Gasteiger partial charge on any atom is -0.298 e. The molecular formula is C19H23F2N5. The van der Waals surface area contributed by atoms with Crippen molar-refractivity contribution >= 4 is 11.7 Å². The number of allylic oxidation sites excluding steroid dienone is 1. The highest BCUT2D eigenvalue weighted by Gasteiger charge is 2.32. The first-order valence-corrected chi connectivity index (χ1v) is 9.03. The van der Waals surface area contributed by atoms with E-state index in [2.05, 4.69) is 26.4 Å². The van der Waals surface area contributed by atoms with Crippen LogP contribution in [0.2, 0.25) is 0 Å². The summed E-state index contributed by atoms with van der Waals surface area (Å²) in [4.78, 5) is 11.0. The zero-order chi connectivity index (χ0) is 18.3. The van der Waals surface area contributed by atoms with Crippen LogP contribution < -0.4 is 5.43 Å². The van der Waals surface area contributed by atoms with Gasteiger partial charge in [-0.15, -0.1) is 0 Å². The number of aryl methyl sites for hydroxylation is 1. The number of rotatable bonds is 3. The lowest BCUT2D eigenvalue weighted by atomic mass is 9.92. The van der Waals surface area contributed by atoms with Gasteiger partial charge in [-0.25, -0.2) is 29.2 Å². The van der Waals surface area contributed by atoms with E-state index in [9.17, 15) is 8.78 Å². The predicted molar refractivity (Wildman–Crippen MR) is 97.6 cm³/mol. The van der Waals surface area contributed by atoms with Crippen LogP contribution in [0.4, 0.5) is 8.78 Å². The average Bonchev–Trinajstić information content (AvgIpc) is 3.10. The maximum Gasteiger partial charge on any atom is 0.241 e. The Kier molecular flexibility index (Phi) is 4.58. The Hall–Kier alpha value is -2.12. The number of hydrogen-bond donors (Lipinski definition) is 1. The minimum absolute atomic E-state index is 0.309. The highest BCUT2D eigenvalue weighted by atomic mass is 19.2. The number of hydrogen-bond acceptors (Lipinski definition) is 5. The largest absolute Gasteiger partial charge is 0.298 e. The van der Waals surface area contributed by atoms with Crippen LogP contribution in [-0.2, 0) is 6.54 Å². The summed E-state index contributed by atoms with van der Waals surface area (Å²) in [7, 11) is 0. The fraction of sp³-hybridized carbons (Fsp3) is 0.474. The van der Waals surface area contributed by atoms with Crippen LogP contribution >= 0.6 is 0 Å². The molecular weight excluding hydrogens is 336 g/mol. The monoisotopic (exact) mass is 359 g/mol. The molecule has 26 heavy (non-hydrogen) atoms. The summed E-state index contributed by atoms with van der Waals surface area (Å²) < 4.78 is 28.1. The summed E-state index contributed by atoms with van der Waals surface area (Å²) in [5.41, 5.74) is 6.11. The van der Waals surface area contributed by atoms with Crippen LogP contribution in [0.25, 0.3) is 0 Å².